The van der Waals surface area contributed by atoms with E-state index < -0.39 is 5.91 Å². The molecule has 8 nitrogen and oxygen atoms in total. The van der Waals surface area contributed by atoms with E-state index in [1.54, 1.807) is 47.3 Å². The van der Waals surface area contributed by atoms with Crippen LogP contribution in [0.3, 0.4) is 0 Å². The van der Waals surface area contributed by atoms with E-state index in [1.165, 1.54) is 6.20 Å². The number of carbonyl (C=O) groups is 2. The topological polar surface area (TPSA) is 140 Å². The summed E-state index contributed by atoms with van der Waals surface area (Å²) >= 11 is 0. The number of amidine groups is 1. The minimum Gasteiger partial charge on any atom is -0.384 e. The van der Waals surface area contributed by atoms with Crippen LogP contribution in [0.15, 0.2) is 48.9 Å². The summed E-state index contributed by atoms with van der Waals surface area (Å²) in [5, 5.41) is 11.0. The van der Waals surface area contributed by atoms with Crippen molar-refractivity contribution in [2.45, 2.75) is 6.54 Å². The minimum atomic E-state index is -0.618. The van der Waals surface area contributed by atoms with Crippen LogP contribution >= 0.6 is 0 Å². The standard InChI is InChI=1S/C17H16N6O2/c18-16(19)13-8-23(9-14(24)22-10-3-2-6-21-7-10)15-11(13)4-1-5-12(15)17(20)25/h1-8H,9H2,(H3,18,19)(H2,20,25)(H,22,24). The van der Waals surface area contributed by atoms with Crippen LogP contribution < -0.4 is 16.8 Å². The first-order valence-corrected chi connectivity index (χ1v) is 7.43. The van der Waals surface area contributed by atoms with Crippen LogP contribution in [-0.4, -0.2) is 27.2 Å². The summed E-state index contributed by atoms with van der Waals surface area (Å²) in [5.41, 5.74) is 12.8. The molecule has 0 atom stereocenters. The van der Waals surface area contributed by atoms with Crippen LogP contribution in [0.5, 0.6) is 0 Å². The zero-order valence-electron chi connectivity index (χ0n) is 13.2. The number of nitrogens with zero attached hydrogens (tertiary/aromatic N) is 2. The molecule has 0 saturated carbocycles. The average molecular weight is 336 g/mol. The first kappa shape index (κ1) is 16.2. The number of pyridine rings is 1. The first-order valence-electron chi connectivity index (χ1n) is 7.43. The van der Waals surface area contributed by atoms with Crippen molar-refractivity contribution in [3.8, 4) is 0 Å². The van der Waals surface area contributed by atoms with Crippen molar-refractivity contribution >= 4 is 34.2 Å². The largest absolute Gasteiger partial charge is 0.384 e. The molecule has 2 amide bonds. The molecule has 0 fully saturated rings. The molecule has 0 radical (unpaired) electrons. The predicted octanol–water partition coefficient (Wildman–Crippen LogP) is 1.06. The lowest BCUT2D eigenvalue weighted by Gasteiger charge is -2.09. The zero-order valence-corrected chi connectivity index (χ0v) is 13.2. The Morgan fingerprint density at radius 3 is 2.60 bits per heavy atom. The molecule has 0 aliphatic carbocycles. The maximum Gasteiger partial charge on any atom is 0.250 e. The Bertz CT molecular complexity index is 977. The Kier molecular flexibility index (Phi) is 4.17. The molecule has 8 heteroatoms. The molecular weight excluding hydrogens is 320 g/mol. The molecule has 2 heterocycles. The number of rotatable bonds is 5. The quantitative estimate of drug-likeness (QED) is 0.408. The summed E-state index contributed by atoms with van der Waals surface area (Å²) in [4.78, 5) is 28.0. The summed E-state index contributed by atoms with van der Waals surface area (Å²) in [6.45, 7) is -0.0665. The number of fused-ring (bicyclic) bond motifs is 1. The van der Waals surface area contributed by atoms with E-state index in [9.17, 15) is 9.59 Å². The summed E-state index contributed by atoms with van der Waals surface area (Å²) < 4.78 is 1.57. The van der Waals surface area contributed by atoms with Crippen molar-refractivity contribution in [1.29, 1.82) is 5.41 Å². The molecule has 25 heavy (non-hydrogen) atoms. The Hall–Kier alpha value is -3.68. The average Bonchev–Trinajstić information content (AvgIpc) is 2.94. The third-order valence-corrected chi connectivity index (χ3v) is 3.71. The zero-order chi connectivity index (χ0) is 18.0. The number of anilines is 1. The first-order chi connectivity index (χ1) is 12.0. The van der Waals surface area contributed by atoms with Gasteiger partial charge in [-0.05, 0) is 18.2 Å². The number of amides is 2. The van der Waals surface area contributed by atoms with E-state index >= 15 is 0 Å². The summed E-state index contributed by atoms with van der Waals surface area (Å²) in [7, 11) is 0. The van der Waals surface area contributed by atoms with Crippen LogP contribution in [0.1, 0.15) is 15.9 Å². The monoisotopic (exact) mass is 336 g/mol. The number of nitrogens with two attached hydrogens (primary N) is 2. The van der Waals surface area contributed by atoms with Gasteiger partial charge in [0, 0.05) is 23.3 Å². The van der Waals surface area contributed by atoms with Gasteiger partial charge < -0.3 is 21.4 Å². The second-order valence-corrected chi connectivity index (χ2v) is 5.44. The minimum absolute atomic E-state index is 0.0665. The molecule has 3 aromatic rings. The molecule has 0 saturated heterocycles. The summed E-state index contributed by atoms with van der Waals surface area (Å²) in [6.07, 6.45) is 4.71. The van der Waals surface area contributed by atoms with Crippen LogP contribution in [-0.2, 0) is 11.3 Å². The van der Waals surface area contributed by atoms with E-state index in [1.807, 2.05) is 0 Å². The Morgan fingerprint density at radius 2 is 1.96 bits per heavy atom. The highest BCUT2D eigenvalue weighted by Gasteiger charge is 2.18. The van der Waals surface area contributed by atoms with E-state index in [-0.39, 0.29) is 23.9 Å². The van der Waals surface area contributed by atoms with Crippen molar-refractivity contribution in [2.24, 2.45) is 11.5 Å². The van der Waals surface area contributed by atoms with Gasteiger partial charge in [-0.25, -0.2) is 0 Å². The molecule has 6 N–H and O–H groups in total. The van der Waals surface area contributed by atoms with Gasteiger partial charge in [0.05, 0.1) is 23.0 Å². The van der Waals surface area contributed by atoms with Gasteiger partial charge in [0.15, 0.2) is 0 Å². The molecular formula is C17H16N6O2. The number of nitrogens with one attached hydrogen (secondary N) is 2. The van der Waals surface area contributed by atoms with Crippen molar-refractivity contribution < 1.29 is 9.59 Å². The lowest BCUT2D eigenvalue weighted by Crippen LogP contribution is -2.20. The van der Waals surface area contributed by atoms with Gasteiger partial charge in [0.1, 0.15) is 12.4 Å². The number of hydrogen-bond acceptors (Lipinski definition) is 4. The molecule has 0 spiro atoms. The predicted molar refractivity (Wildman–Crippen MR) is 94.3 cm³/mol. The molecule has 0 unspecified atom stereocenters. The van der Waals surface area contributed by atoms with Gasteiger partial charge >= 0.3 is 0 Å². The Labute approximate surface area is 143 Å². The van der Waals surface area contributed by atoms with E-state index in [2.05, 4.69) is 10.3 Å². The van der Waals surface area contributed by atoms with E-state index in [0.717, 1.165) is 0 Å². The number of hydrogen-bond donors (Lipinski definition) is 4. The highest BCUT2D eigenvalue weighted by molar-refractivity contribution is 6.13. The number of benzene rings is 1. The van der Waals surface area contributed by atoms with Crippen LogP contribution in [0, 0.1) is 5.41 Å². The third kappa shape index (κ3) is 3.18. The molecule has 2 aromatic heterocycles. The van der Waals surface area contributed by atoms with Gasteiger partial charge in [-0.3, -0.25) is 20.0 Å². The SMILES string of the molecule is N=C(N)c1cn(CC(=O)Nc2cccnc2)c2c(C(N)=O)cccc12. The van der Waals surface area contributed by atoms with Crippen molar-refractivity contribution in [2.75, 3.05) is 5.32 Å². The van der Waals surface area contributed by atoms with Crippen LogP contribution in [0.2, 0.25) is 0 Å². The van der Waals surface area contributed by atoms with Crippen molar-refractivity contribution in [1.82, 2.24) is 9.55 Å². The fourth-order valence-electron chi connectivity index (χ4n) is 2.69. The number of aromatic nitrogens is 2. The van der Waals surface area contributed by atoms with Gasteiger partial charge in [-0.1, -0.05) is 12.1 Å². The molecule has 3 rings (SSSR count). The Morgan fingerprint density at radius 1 is 1.16 bits per heavy atom. The number of carbonyl (C=O) groups excluding carboxylic acids is 2. The number of nitrogen functional groups attached to an aromatic ring is 1. The second kappa shape index (κ2) is 6.44. The smallest absolute Gasteiger partial charge is 0.250 e. The number of para-hydroxylation sites is 1. The van der Waals surface area contributed by atoms with Gasteiger partial charge in [-0.2, -0.15) is 0 Å². The molecule has 1 aromatic carbocycles. The van der Waals surface area contributed by atoms with E-state index in [0.29, 0.717) is 22.2 Å². The molecule has 0 bridgehead atoms. The van der Waals surface area contributed by atoms with Crippen LogP contribution in [0.25, 0.3) is 10.9 Å². The molecule has 126 valence electrons. The number of primary amides is 1. The van der Waals surface area contributed by atoms with Gasteiger partial charge in [0.2, 0.25) is 5.91 Å². The normalized spacial score (nSPS) is 10.6. The highest BCUT2D eigenvalue weighted by Crippen LogP contribution is 2.25. The second-order valence-electron chi connectivity index (χ2n) is 5.44. The van der Waals surface area contributed by atoms with Crippen molar-refractivity contribution in [3.05, 3.63) is 60.0 Å². The van der Waals surface area contributed by atoms with Crippen molar-refractivity contribution in [3.63, 3.8) is 0 Å². The van der Waals surface area contributed by atoms with Gasteiger partial charge in [-0.15, -0.1) is 0 Å². The maximum absolute atomic E-state index is 12.3. The Balaban J connectivity index is 2.02. The fourth-order valence-corrected chi connectivity index (χ4v) is 2.69. The maximum atomic E-state index is 12.3. The third-order valence-electron chi connectivity index (χ3n) is 3.71. The molecule has 0 aliphatic rings. The lowest BCUT2D eigenvalue weighted by molar-refractivity contribution is -0.116. The van der Waals surface area contributed by atoms with Crippen LogP contribution in [0.4, 0.5) is 5.69 Å². The lowest BCUT2D eigenvalue weighted by atomic mass is 10.1. The van der Waals surface area contributed by atoms with Gasteiger partial charge in [0.25, 0.3) is 5.91 Å². The highest BCUT2D eigenvalue weighted by atomic mass is 16.2. The summed E-state index contributed by atoms with van der Waals surface area (Å²) in [5.74, 6) is -1.08. The van der Waals surface area contributed by atoms with E-state index in [4.69, 9.17) is 16.9 Å². The fraction of sp³-hybridized carbons (Fsp3) is 0.0588. The summed E-state index contributed by atoms with van der Waals surface area (Å²) in [6, 6.07) is 8.39. The molecule has 0 aliphatic heterocycles.